The molecule has 1 aromatic carbocycles. The highest BCUT2D eigenvalue weighted by Gasteiger charge is 2.08. The lowest BCUT2D eigenvalue weighted by molar-refractivity contribution is 0.589. The van der Waals surface area contributed by atoms with Gasteiger partial charge in [0.05, 0.1) is 0 Å². The molecule has 0 aliphatic rings. The van der Waals surface area contributed by atoms with E-state index in [-0.39, 0.29) is 0 Å². The first kappa shape index (κ1) is 12.0. The van der Waals surface area contributed by atoms with Gasteiger partial charge in [-0.25, -0.2) is 0 Å². The second-order valence-electron chi connectivity index (χ2n) is 4.05. The van der Waals surface area contributed by atoms with Crippen molar-refractivity contribution < 1.29 is 0 Å². The third-order valence-electron chi connectivity index (χ3n) is 2.83. The van der Waals surface area contributed by atoms with Crippen molar-refractivity contribution in [3.8, 4) is 0 Å². The summed E-state index contributed by atoms with van der Waals surface area (Å²) in [6.45, 7) is 4.36. The quantitative estimate of drug-likeness (QED) is 0.574. The molecule has 0 aromatic heterocycles. The molecule has 1 atom stereocenters. The zero-order valence-electron chi connectivity index (χ0n) is 9.95. The highest BCUT2D eigenvalue weighted by atomic mass is 14.1. The lowest BCUT2D eigenvalue weighted by Gasteiger charge is -2.14. The molecule has 0 N–H and O–H groups in total. The van der Waals surface area contributed by atoms with Crippen molar-refractivity contribution in [2.75, 3.05) is 0 Å². The predicted molar refractivity (Wildman–Crippen MR) is 68.1 cm³/mol. The van der Waals surface area contributed by atoms with Gasteiger partial charge < -0.3 is 0 Å². The maximum atomic E-state index is 2.29. The number of unbranched alkanes of at least 4 members (excludes halogenated alkanes) is 1. The highest BCUT2D eigenvalue weighted by molar-refractivity contribution is 5.20. The smallest absolute Gasteiger partial charge is 0.0127 e. The Kier molecular flexibility index (Phi) is 5.84. The zero-order valence-corrected chi connectivity index (χ0v) is 9.95. The second kappa shape index (κ2) is 7.28. The third-order valence-corrected chi connectivity index (χ3v) is 2.83. The van der Waals surface area contributed by atoms with E-state index < -0.39 is 0 Å². The number of rotatable bonds is 6. The van der Waals surface area contributed by atoms with Gasteiger partial charge in [0.2, 0.25) is 0 Å². The van der Waals surface area contributed by atoms with Crippen molar-refractivity contribution in [3.05, 3.63) is 48.0 Å². The van der Waals surface area contributed by atoms with Crippen LogP contribution in [-0.2, 0) is 0 Å². The van der Waals surface area contributed by atoms with Crippen LogP contribution >= 0.6 is 0 Å². The molecule has 0 saturated carbocycles. The first-order chi connectivity index (χ1) is 7.38. The van der Waals surface area contributed by atoms with E-state index in [1.165, 1.54) is 31.2 Å². The van der Waals surface area contributed by atoms with Gasteiger partial charge in [-0.05, 0) is 31.2 Å². The lowest BCUT2D eigenvalue weighted by atomic mass is 9.90. The summed E-state index contributed by atoms with van der Waals surface area (Å²) in [4.78, 5) is 0. The van der Waals surface area contributed by atoms with E-state index >= 15 is 0 Å². The van der Waals surface area contributed by atoms with Gasteiger partial charge in [-0.15, -0.1) is 0 Å². The van der Waals surface area contributed by atoms with Crippen LogP contribution in [0, 0.1) is 0 Å². The minimum Gasteiger partial charge on any atom is -0.0916 e. The predicted octanol–water partition coefficient (Wildman–Crippen LogP) is 4.93. The molecule has 0 spiro atoms. The van der Waals surface area contributed by atoms with Crippen molar-refractivity contribution in [1.82, 2.24) is 0 Å². The molecule has 0 heterocycles. The van der Waals surface area contributed by atoms with Crippen molar-refractivity contribution in [2.24, 2.45) is 0 Å². The normalized spacial score (nSPS) is 13.2. The fourth-order valence-corrected chi connectivity index (χ4v) is 1.90. The van der Waals surface area contributed by atoms with Crippen LogP contribution in [0.4, 0.5) is 0 Å². The van der Waals surface area contributed by atoms with Crippen LogP contribution < -0.4 is 0 Å². The molecule has 0 radical (unpaired) electrons. The molecule has 0 amide bonds. The minimum absolute atomic E-state index is 0.711. The maximum absolute atomic E-state index is 2.29. The molecule has 0 bridgehead atoms. The van der Waals surface area contributed by atoms with Crippen LogP contribution in [0.1, 0.15) is 51.0 Å². The average molecular weight is 202 g/mol. The van der Waals surface area contributed by atoms with Gasteiger partial charge in [-0.3, -0.25) is 0 Å². The Bertz CT molecular complexity index is 271. The van der Waals surface area contributed by atoms with Crippen molar-refractivity contribution >= 4 is 0 Å². The fourth-order valence-electron chi connectivity index (χ4n) is 1.90. The monoisotopic (exact) mass is 202 g/mol. The molecule has 82 valence electrons. The summed E-state index contributed by atoms with van der Waals surface area (Å²) in [6.07, 6.45) is 9.55. The standard InChI is InChI=1S/C15H22/c1-3-5-10-14(11-6-4-2)15-12-8-7-9-13-15/h3,5,7-9,12-14H,4,6,10-11H2,1-2H3/b5-3+. The molecular formula is C15H22. The van der Waals surface area contributed by atoms with Gasteiger partial charge in [0.15, 0.2) is 0 Å². The summed E-state index contributed by atoms with van der Waals surface area (Å²) in [7, 11) is 0. The number of benzene rings is 1. The zero-order chi connectivity index (χ0) is 10.9. The van der Waals surface area contributed by atoms with E-state index in [4.69, 9.17) is 0 Å². The fraction of sp³-hybridized carbons (Fsp3) is 0.467. The van der Waals surface area contributed by atoms with Crippen LogP contribution in [0.2, 0.25) is 0 Å². The van der Waals surface area contributed by atoms with Crippen LogP contribution in [0.25, 0.3) is 0 Å². The maximum Gasteiger partial charge on any atom is -0.0127 e. The Morgan fingerprint density at radius 3 is 2.53 bits per heavy atom. The summed E-state index contributed by atoms with van der Waals surface area (Å²) in [5, 5.41) is 0. The number of hydrogen-bond donors (Lipinski definition) is 0. The largest absolute Gasteiger partial charge is 0.0916 e. The first-order valence-electron chi connectivity index (χ1n) is 6.04. The van der Waals surface area contributed by atoms with E-state index in [1.807, 2.05) is 0 Å². The molecular weight excluding hydrogens is 180 g/mol. The van der Waals surface area contributed by atoms with Gasteiger partial charge in [0, 0.05) is 0 Å². The lowest BCUT2D eigenvalue weighted by Crippen LogP contribution is -1.97. The summed E-state index contributed by atoms with van der Waals surface area (Å²) in [5.41, 5.74) is 1.49. The van der Waals surface area contributed by atoms with Crippen LogP contribution in [0.3, 0.4) is 0 Å². The molecule has 1 unspecified atom stereocenters. The molecule has 0 fully saturated rings. The molecule has 1 rings (SSSR count). The molecule has 15 heavy (non-hydrogen) atoms. The van der Waals surface area contributed by atoms with E-state index in [0.717, 1.165) is 0 Å². The Morgan fingerprint density at radius 1 is 1.20 bits per heavy atom. The summed E-state index contributed by atoms with van der Waals surface area (Å²) >= 11 is 0. The Balaban J connectivity index is 2.63. The third kappa shape index (κ3) is 4.33. The van der Waals surface area contributed by atoms with Gasteiger partial charge in [0.25, 0.3) is 0 Å². The van der Waals surface area contributed by atoms with Crippen molar-refractivity contribution in [2.45, 2.75) is 45.4 Å². The molecule has 0 heteroatoms. The Hall–Kier alpha value is -1.04. The SMILES string of the molecule is C/C=C/CC(CCCC)c1ccccc1. The molecule has 0 nitrogen and oxygen atoms in total. The van der Waals surface area contributed by atoms with Crippen LogP contribution in [0.5, 0.6) is 0 Å². The highest BCUT2D eigenvalue weighted by Crippen LogP contribution is 2.25. The molecule has 0 aliphatic heterocycles. The molecule has 0 aliphatic carbocycles. The van der Waals surface area contributed by atoms with Gasteiger partial charge in [-0.2, -0.15) is 0 Å². The average Bonchev–Trinajstić information content (AvgIpc) is 2.30. The summed E-state index contributed by atoms with van der Waals surface area (Å²) in [5.74, 6) is 0.711. The topological polar surface area (TPSA) is 0 Å². The van der Waals surface area contributed by atoms with Crippen molar-refractivity contribution in [1.29, 1.82) is 0 Å². The van der Waals surface area contributed by atoms with E-state index in [9.17, 15) is 0 Å². The van der Waals surface area contributed by atoms with Gasteiger partial charge >= 0.3 is 0 Å². The Labute approximate surface area is 94.0 Å². The number of hydrogen-bond acceptors (Lipinski definition) is 0. The summed E-state index contributed by atoms with van der Waals surface area (Å²) < 4.78 is 0. The van der Waals surface area contributed by atoms with E-state index in [1.54, 1.807) is 0 Å². The van der Waals surface area contributed by atoms with Gasteiger partial charge in [-0.1, -0.05) is 62.2 Å². The number of allylic oxidation sites excluding steroid dienone is 2. The Morgan fingerprint density at radius 2 is 1.93 bits per heavy atom. The van der Waals surface area contributed by atoms with Crippen LogP contribution in [-0.4, -0.2) is 0 Å². The van der Waals surface area contributed by atoms with E-state index in [2.05, 4.69) is 56.3 Å². The summed E-state index contributed by atoms with van der Waals surface area (Å²) in [6, 6.07) is 10.9. The van der Waals surface area contributed by atoms with Crippen LogP contribution in [0.15, 0.2) is 42.5 Å². The molecule has 0 saturated heterocycles. The van der Waals surface area contributed by atoms with Crippen molar-refractivity contribution in [3.63, 3.8) is 0 Å². The minimum atomic E-state index is 0.711. The second-order valence-corrected chi connectivity index (χ2v) is 4.05. The van der Waals surface area contributed by atoms with Gasteiger partial charge in [0.1, 0.15) is 0 Å². The van der Waals surface area contributed by atoms with E-state index in [0.29, 0.717) is 5.92 Å². The first-order valence-corrected chi connectivity index (χ1v) is 6.04. The molecule has 1 aromatic rings.